The van der Waals surface area contributed by atoms with Crippen molar-refractivity contribution in [1.29, 1.82) is 0 Å². The molecule has 0 saturated heterocycles. The number of hydrogen-bond donors (Lipinski definition) is 3. The highest BCUT2D eigenvalue weighted by molar-refractivity contribution is 7.14. The van der Waals surface area contributed by atoms with Gasteiger partial charge in [-0.3, -0.25) is 19.9 Å². The largest absolute Gasteiger partial charge is 0.352 e. The first-order chi connectivity index (χ1) is 17.9. The van der Waals surface area contributed by atoms with Crippen LogP contribution in [0.2, 0.25) is 0 Å². The second-order valence-electron chi connectivity index (χ2n) is 9.24. The predicted molar refractivity (Wildman–Crippen MR) is 144 cm³/mol. The summed E-state index contributed by atoms with van der Waals surface area (Å²) >= 11 is 1.09. The molecular formula is C27H22FN7OS. The van der Waals surface area contributed by atoms with Crippen LogP contribution >= 0.6 is 11.3 Å². The van der Waals surface area contributed by atoms with Crippen molar-refractivity contribution >= 4 is 44.9 Å². The van der Waals surface area contributed by atoms with Gasteiger partial charge in [-0.25, -0.2) is 4.98 Å². The van der Waals surface area contributed by atoms with E-state index in [0.29, 0.717) is 17.8 Å². The van der Waals surface area contributed by atoms with Gasteiger partial charge in [0.2, 0.25) is 5.91 Å². The van der Waals surface area contributed by atoms with Crippen LogP contribution < -0.4 is 5.32 Å². The van der Waals surface area contributed by atoms with Gasteiger partial charge >= 0.3 is 0 Å². The van der Waals surface area contributed by atoms with E-state index in [9.17, 15) is 9.18 Å². The van der Waals surface area contributed by atoms with E-state index in [4.69, 9.17) is 0 Å². The second kappa shape index (κ2) is 9.21. The summed E-state index contributed by atoms with van der Waals surface area (Å²) in [5, 5.41) is 11.9. The van der Waals surface area contributed by atoms with Gasteiger partial charge in [-0.05, 0) is 36.2 Å². The number of halogens is 1. The molecule has 0 unspecified atom stereocenters. The molecule has 1 amide bonds. The maximum Gasteiger partial charge on any atom is 0.224 e. The molecule has 0 aromatic carbocycles. The van der Waals surface area contributed by atoms with E-state index in [1.54, 1.807) is 37.1 Å². The molecule has 0 aliphatic heterocycles. The van der Waals surface area contributed by atoms with E-state index in [1.165, 1.54) is 6.07 Å². The van der Waals surface area contributed by atoms with E-state index in [0.717, 1.165) is 60.6 Å². The summed E-state index contributed by atoms with van der Waals surface area (Å²) in [5.74, 6) is 0.225. The normalized spacial score (nSPS) is 11.6. The van der Waals surface area contributed by atoms with Crippen molar-refractivity contribution < 1.29 is 9.18 Å². The van der Waals surface area contributed by atoms with E-state index in [2.05, 4.69) is 35.5 Å². The number of carbonyl (C=O) groups is 1. The molecule has 0 aliphatic carbocycles. The number of nitrogens with zero attached hydrogens (tertiary/aromatic N) is 4. The number of H-pyrrole nitrogens is 2. The molecule has 6 heterocycles. The summed E-state index contributed by atoms with van der Waals surface area (Å²) in [6, 6.07) is 9.11. The molecular weight excluding hydrogens is 489 g/mol. The third-order valence-corrected chi connectivity index (χ3v) is 6.92. The van der Waals surface area contributed by atoms with Gasteiger partial charge in [0.05, 0.1) is 35.0 Å². The number of aromatic nitrogens is 6. The highest BCUT2D eigenvalue weighted by Gasteiger charge is 2.16. The Hall–Kier alpha value is -4.44. The van der Waals surface area contributed by atoms with E-state index in [-0.39, 0.29) is 17.0 Å². The second-order valence-corrected chi connectivity index (χ2v) is 10.3. The van der Waals surface area contributed by atoms with Gasteiger partial charge in [0.15, 0.2) is 10.8 Å². The summed E-state index contributed by atoms with van der Waals surface area (Å²) in [6.07, 6.45) is 9.05. The molecule has 0 bridgehead atoms. The van der Waals surface area contributed by atoms with Gasteiger partial charge < -0.3 is 10.3 Å². The van der Waals surface area contributed by atoms with Crippen LogP contribution in [0.3, 0.4) is 0 Å². The Labute approximate surface area is 215 Å². The first-order valence-corrected chi connectivity index (χ1v) is 12.6. The van der Waals surface area contributed by atoms with Crippen molar-refractivity contribution in [1.82, 2.24) is 30.1 Å². The average Bonchev–Trinajstić information content (AvgIpc) is 3.60. The molecule has 0 spiro atoms. The van der Waals surface area contributed by atoms with Crippen molar-refractivity contribution in [2.24, 2.45) is 5.92 Å². The minimum atomic E-state index is -0.237. The lowest BCUT2D eigenvalue weighted by Gasteiger charge is -2.08. The monoisotopic (exact) mass is 511 g/mol. The molecule has 37 heavy (non-hydrogen) atoms. The zero-order valence-corrected chi connectivity index (χ0v) is 20.9. The van der Waals surface area contributed by atoms with Crippen molar-refractivity contribution in [3.63, 3.8) is 0 Å². The molecule has 0 aliphatic rings. The third kappa shape index (κ3) is 4.47. The van der Waals surface area contributed by atoms with Crippen molar-refractivity contribution in [2.45, 2.75) is 20.3 Å². The predicted octanol–water partition coefficient (Wildman–Crippen LogP) is 6.42. The van der Waals surface area contributed by atoms with Crippen LogP contribution in [-0.2, 0) is 4.79 Å². The maximum absolute atomic E-state index is 13.7. The first-order valence-electron chi connectivity index (χ1n) is 11.8. The summed E-state index contributed by atoms with van der Waals surface area (Å²) in [5.41, 5.74) is 6.17. The van der Waals surface area contributed by atoms with Gasteiger partial charge in [0.1, 0.15) is 0 Å². The molecule has 10 heteroatoms. The average molecular weight is 512 g/mol. The number of pyridine rings is 3. The summed E-state index contributed by atoms with van der Waals surface area (Å²) in [6.45, 7) is 4.01. The van der Waals surface area contributed by atoms with Crippen LogP contribution in [-0.4, -0.2) is 36.0 Å². The fraction of sp³-hybridized carbons (Fsp3) is 0.148. The van der Waals surface area contributed by atoms with Crippen LogP contribution in [0.15, 0.2) is 61.3 Å². The van der Waals surface area contributed by atoms with Crippen LogP contribution in [0, 0.1) is 11.0 Å². The molecule has 0 atom stereocenters. The molecule has 8 nitrogen and oxygen atoms in total. The molecule has 0 saturated carbocycles. The number of anilines is 1. The highest BCUT2D eigenvalue weighted by Crippen LogP contribution is 2.36. The first kappa shape index (κ1) is 23.0. The smallest absolute Gasteiger partial charge is 0.224 e. The minimum Gasteiger partial charge on any atom is -0.352 e. The lowest BCUT2D eigenvalue weighted by molar-refractivity contribution is -0.116. The van der Waals surface area contributed by atoms with E-state index in [1.807, 2.05) is 32.0 Å². The molecule has 184 valence electrons. The van der Waals surface area contributed by atoms with Gasteiger partial charge in [-0.2, -0.15) is 9.49 Å². The lowest BCUT2D eigenvalue weighted by Crippen LogP contribution is -2.13. The third-order valence-electron chi connectivity index (χ3n) is 6.01. The number of amides is 1. The van der Waals surface area contributed by atoms with Gasteiger partial charge in [-0.15, -0.1) is 11.3 Å². The Morgan fingerprint density at radius 3 is 2.68 bits per heavy atom. The Morgan fingerprint density at radius 1 is 1.03 bits per heavy atom. The Bertz CT molecular complexity index is 1770. The Kier molecular flexibility index (Phi) is 5.72. The number of thiophene rings is 1. The fourth-order valence-corrected chi connectivity index (χ4v) is 5.11. The maximum atomic E-state index is 13.7. The molecule has 3 N–H and O–H groups in total. The fourth-order valence-electron chi connectivity index (χ4n) is 4.35. The number of carbonyl (C=O) groups excluding carboxylic acids is 1. The quantitative estimate of drug-likeness (QED) is 0.239. The number of hydrogen-bond acceptors (Lipinski definition) is 6. The highest BCUT2D eigenvalue weighted by atomic mass is 32.1. The molecule has 0 fully saturated rings. The van der Waals surface area contributed by atoms with Crippen molar-refractivity contribution in [2.75, 3.05) is 5.32 Å². The van der Waals surface area contributed by atoms with Crippen LogP contribution in [0.5, 0.6) is 0 Å². The molecule has 6 rings (SSSR count). The Morgan fingerprint density at radius 2 is 1.86 bits per heavy atom. The van der Waals surface area contributed by atoms with E-state index >= 15 is 0 Å². The van der Waals surface area contributed by atoms with Crippen LogP contribution in [0.1, 0.15) is 20.3 Å². The Balaban J connectivity index is 1.38. The van der Waals surface area contributed by atoms with Crippen LogP contribution in [0.25, 0.3) is 54.9 Å². The zero-order chi connectivity index (χ0) is 25.5. The summed E-state index contributed by atoms with van der Waals surface area (Å²) < 4.78 is 13.7. The molecule has 0 radical (unpaired) electrons. The molecule has 6 aromatic rings. The SMILES string of the molecule is CC(C)CC(=O)Nc1cncc(-c2cnc3n[nH]c(-c4cc5c(-c6ccc(F)s6)cncc5[nH]4)c3c2)c1. The number of rotatable bonds is 6. The van der Waals surface area contributed by atoms with Gasteiger partial charge in [0, 0.05) is 57.4 Å². The standard InChI is InChI=1S/C27H22FN7OS/c1-14(2)5-25(36)32-17-6-15(9-29-11-17)16-7-19-26(34-35-27(19)31-10-16)21-8-18-20(12-30-13-22(18)33-21)23-3-4-24(28)37-23/h3-4,6-14,33H,5H2,1-2H3,(H,32,36)(H,31,34,35). The summed E-state index contributed by atoms with van der Waals surface area (Å²) in [7, 11) is 0. The van der Waals surface area contributed by atoms with Crippen molar-refractivity contribution in [3.8, 4) is 33.0 Å². The van der Waals surface area contributed by atoms with Crippen LogP contribution in [0.4, 0.5) is 10.1 Å². The minimum absolute atomic E-state index is 0.0439. The van der Waals surface area contributed by atoms with Crippen molar-refractivity contribution in [3.05, 3.63) is 66.4 Å². The summed E-state index contributed by atoms with van der Waals surface area (Å²) in [4.78, 5) is 29.6. The zero-order valence-electron chi connectivity index (χ0n) is 20.0. The number of aromatic amines is 2. The van der Waals surface area contributed by atoms with E-state index < -0.39 is 0 Å². The van der Waals surface area contributed by atoms with Gasteiger partial charge in [-0.1, -0.05) is 13.8 Å². The van der Waals surface area contributed by atoms with Gasteiger partial charge in [0.25, 0.3) is 0 Å². The molecule has 6 aromatic heterocycles. The number of fused-ring (bicyclic) bond motifs is 2. The lowest BCUT2D eigenvalue weighted by atomic mass is 10.1. The number of nitrogens with one attached hydrogen (secondary N) is 3. The topological polar surface area (TPSA) is 112 Å².